The molecule has 0 aromatic heterocycles. The minimum absolute atomic E-state index is 0.0709. The van der Waals surface area contributed by atoms with Gasteiger partial charge in [-0.2, -0.15) is 0 Å². The Kier molecular flexibility index (Phi) is 5.12. The minimum Gasteiger partial charge on any atom is -0.305 e. The Balaban J connectivity index is 2.73. The second kappa shape index (κ2) is 6.13. The first-order valence-corrected chi connectivity index (χ1v) is 6.38. The molecule has 3 nitrogen and oxygen atoms in total. The fourth-order valence-corrected chi connectivity index (χ4v) is 1.83. The Morgan fingerprint density at radius 3 is 2.50 bits per heavy atom. The molecule has 1 aromatic rings. The SMILES string of the molecule is CSC(=N)NC(=O)Cc1c(Cl)cccc1Cl. The maximum absolute atomic E-state index is 11.5. The van der Waals surface area contributed by atoms with E-state index in [0.29, 0.717) is 15.6 Å². The van der Waals surface area contributed by atoms with Gasteiger partial charge in [0, 0.05) is 10.0 Å². The quantitative estimate of drug-likeness (QED) is 0.645. The average molecular weight is 277 g/mol. The lowest BCUT2D eigenvalue weighted by molar-refractivity contribution is -0.119. The van der Waals surface area contributed by atoms with E-state index in [1.165, 1.54) is 0 Å². The molecule has 0 heterocycles. The Morgan fingerprint density at radius 2 is 2.00 bits per heavy atom. The molecule has 0 aliphatic carbocycles. The number of amides is 1. The average Bonchev–Trinajstić information content (AvgIpc) is 2.23. The van der Waals surface area contributed by atoms with E-state index in [9.17, 15) is 4.79 Å². The Labute approximate surface area is 108 Å². The van der Waals surface area contributed by atoms with Gasteiger partial charge in [0.2, 0.25) is 5.91 Å². The van der Waals surface area contributed by atoms with Crippen molar-refractivity contribution in [2.24, 2.45) is 0 Å². The molecule has 6 heteroatoms. The third-order valence-electron chi connectivity index (χ3n) is 1.86. The van der Waals surface area contributed by atoms with Crippen molar-refractivity contribution in [3.63, 3.8) is 0 Å². The standard InChI is InChI=1S/C10H10Cl2N2OS/c1-16-10(13)14-9(15)5-6-7(11)3-2-4-8(6)12/h2-4H,5H2,1H3,(H2,13,14,15). The van der Waals surface area contributed by atoms with E-state index in [4.69, 9.17) is 28.6 Å². The second-order valence-electron chi connectivity index (χ2n) is 2.96. The first-order valence-electron chi connectivity index (χ1n) is 4.40. The van der Waals surface area contributed by atoms with Gasteiger partial charge in [0.15, 0.2) is 5.17 Å². The lowest BCUT2D eigenvalue weighted by Crippen LogP contribution is -2.29. The Hall–Kier alpha value is -0.710. The van der Waals surface area contributed by atoms with Crippen molar-refractivity contribution in [2.75, 3.05) is 6.26 Å². The van der Waals surface area contributed by atoms with Crippen LogP contribution in [0.25, 0.3) is 0 Å². The van der Waals surface area contributed by atoms with Crippen molar-refractivity contribution >= 4 is 46.0 Å². The molecule has 1 rings (SSSR count). The van der Waals surface area contributed by atoms with Gasteiger partial charge in [0.1, 0.15) is 0 Å². The predicted octanol–water partition coefficient (Wildman–Crippen LogP) is 2.95. The fraction of sp³-hybridized carbons (Fsp3) is 0.200. The highest BCUT2D eigenvalue weighted by Crippen LogP contribution is 2.24. The van der Waals surface area contributed by atoms with E-state index < -0.39 is 0 Å². The summed E-state index contributed by atoms with van der Waals surface area (Å²) in [6.07, 6.45) is 1.78. The summed E-state index contributed by atoms with van der Waals surface area (Å²) in [5.74, 6) is -0.297. The van der Waals surface area contributed by atoms with Gasteiger partial charge in [-0.05, 0) is 24.0 Å². The summed E-state index contributed by atoms with van der Waals surface area (Å²) in [6.45, 7) is 0. The van der Waals surface area contributed by atoms with Crippen molar-refractivity contribution in [3.05, 3.63) is 33.8 Å². The van der Waals surface area contributed by atoms with Gasteiger partial charge in [0.05, 0.1) is 6.42 Å². The number of thioether (sulfide) groups is 1. The maximum atomic E-state index is 11.5. The van der Waals surface area contributed by atoms with E-state index in [1.54, 1.807) is 24.5 Å². The van der Waals surface area contributed by atoms with Crippen LogP contribution in [0, 0.1) is 5.41 Å². The smallest absolute Gasteiger partial charge is 0.230 e. The third-order valence-corrected chi connectivity index (χ3v) is 3.07. The van der Waals surface area contributed by atoms with E-state index in [-0.39, 0.29) is 17.5 Å². The highest BCUT2D eigenvalue weighted by Gasteiger charge is 2.11. The summed E-state index contributed by atoms with van der Waals surface area (Å²) < 4.78 is 0. The van der Waals surface area contributed by atoms with Crippen molar-refractivity contribution in [2.45, 2.75) is 6.42 Å². The Morgan fingerprint density at radius 1 is 1.44 bits per heavy atom. The number of amidine groups is 1. The van der Waals surface area contributed by atoms with Crippen molar-refractivity contribution in [3.8, 4) is 0 Å². The zero-order valence-electron chi connectivity index (χ0n) is 8.51. The number of carbonyl (C=O) groups excluding carboxylic acids is 1. The van der Waals surface area contributed by atoms with E-state index in [2.05, 4.69) is 5.32 Å². The van der Waals surface area contributed by atoms with Crippen LogP contribution in [-0.4, -0.2) is 17.3 Å². The zero-order chi connectivity index (χ0) is 12.1. The summed E-state index contributed by atoms with van der Waals surface area (Å²) >= 11 is 13.0. The van der Waals surface area contributed by atoms with Crippen molar-refractivity contribution in [1.82, 2.24) is 5.32 Å². The van der Waals surface area contributed by atoms with E-state index in [0.717, 1.165) is 11.8 Å². The topological polar surface area (TPSA) is 53.0 Å². The summed E-state index contributed by atoms with van der Waals surface area (Å²) in [5, 5.41) is 10.7. The van der Waals surface area contributed by atoms with Gasteiger partial charge in [-0.1, -0.05) is 41.0 Å². The van der Waals surface area contributed by atoms with Gasteiger partial charge < -0.3 is 5.32 Å². The van der Waals surface area contributed by atoms with Crippen LogP contribution in [0.3, 0.4) is 0 Å². The number of nitrogens with one attached hydrogen (secondary N) is 2. The number of benzene rings is 1. The van der Waals surface area contributed by atoms with Crippen LogP contribution in [0.15, 0.2) is 18.2 Å². The predicted molar refractivity (Wildman–Crippen MR) is 69.6 cm³/mol. The number of halogens is 2. The lowest BCUT2D eigenvalue weighted by Gasteiger charge is -2.07. The normalized spacial score (nSPS) is 9.94. The second-order valence-corrected chi connectivity index (χ2v) is 4.59. The molecule has 0 unspecified atom stereocenters. The van der Waals surface area contributed by atoms with Crippen LogP contribution in [0.2, 0.25) is 10.0 Å². The van der Waals surface area contributed by atoms with Crippen LogP contribution in [0.1, 0.15) is 5.56 Å². The first kappa shape index (κ1) is 13.4. The molecular weight excluding hydrogens is 267 g/mol. The molecule has 0 fully saturated rings. The summed E-state index contributed by atoms with van der Waals surface area (Å²) in [4.78, 5) is 11.5. The number of hydrogen-bond donors (Lipinski definition) is 2. The number of carbonyl (C=O) groups is 1. The fourth-order valence-electron chi connectivity index (χ4n) is 1.08. The minimum atomic E-state index is -0.297. The molecule has 0 bridgehead atoms. The monoisotopic (exact) mass is 276 g/mol. The molecule has 0 aliphatic rings. The van der Waals surface area contributed by atoms with Crippen LogP contribution in [0.4, 0.5) is 0 Å². The largest absolute Gasteiger partial charge is 0.305 e. The summed E-state index contributed by atoms with van der Waals surface area (Å²) in [5.41, 5.74) is 0.581. The van der Waals surface area contributed by atoms with Crippen molar-refractivity contribution < 1.29 is 4.79 Å². The molecule has 0 saturated heterocycles. The molecule has 0 spiro atoms. The summed E-state index contributed by atoms with van der Waals surface area (Å²) in [7, 11) is 0. The van der Waals surface area contributed by atoms with Crippen molar-refractivity contribution in [1.29, 1.82) is 5.41 Å². The zero-order valence-corrected chi connectivity index (χ0v) is 10.8. The molecule has 1 amide bonds. The van der Waals surface area contributed by atoms with Crippen LogP contribution >= 0.6 is 35.0 Å². The van der Waals surface area contributed by atoms with Gasteiger partial charge in [-0.15, -0.1) is 0 Å². The maximum Gasteiger partial charge on any atom is 0.230 e. The van der Waals surface area contributed by atoms with Gasteiger partial charge in [-0.3, -0.25) is 10.2 Å². The molecule has 86 valence electrons. The lowest BCUT2D eigenvalue weighted by atomic mass is 10.1. The van der Waals surface area contributed by atoms with E-state index in [1.807, 2.05) is 0 Å². The molecule has 2 N–H and O–H groups in total. The number of rotatable bonds is 2. The molecule has 0 aliphatic heterocycles. The van der Waals surface area contributed by atoms with Gasteiger partial charge in [0.25, 0.3) is 0 Å². The Bertz CT molecular complexity index is 403. The molecular formula is C10H10Cl2N2OS. The summed E-state index contributed by atoms with van der Waals surface area (Å²) in [6, 6.07) is 5.07. The molecule has 0 atom stereocenters. The molecule has 0 radical (unpaired) electrons. The van der Waals surface area contributed by atoms with Gasteiger partial charge >= 0.3 is 0 Å². The van der Waals surface area contributed by atoms with Crippen LogP contribution in [0.5, 0.6) is 0 Å². The molecule has 0 saturated carbocycles. The van der Waals surface area contributed by atoms with Crippen LogP contribution < -0.4 is 5.32 Å². The highest BCUT2D eigenvalue weighted by atomic mass is 35.5. The first-order chi connectivity index (χ1) is 7.54. The molecule has 1 aromatic carbocycles. The van der Waals surface area contributed by atoms with E-state index >= 15 is 0 Å². The third kappa shape index (κ3) is 3.70. The van der Waals surface area contributed by atoms with Crippen LogP contribution in [-0.2, 0) is 11.2 Å². The molecule has 16 heavy (non-hydrogen) atoms. The number of hydrogen-bond acceptors (Lipinski definition) is 3. The van der Waals surface area contributed by atoms with Gasteiger partial charge in [-0.25, -0.2) is 0 Å². The highest BCUT2D eigenvalue weighted by molar-refractivity contribution is 8.13.